The van der Waals surface area contributed by atoms with Crippen LogP contribution >= 0.6 is 0 Å². The van der Waals surface area contributed by atoms with Crippen LogP contribution in [0, 0.1) is 12.7 Å². The lowest BCUT2D eigenvalue weighted by molar-refractivity contribution is -0.125. The topological polar surface area (TPSA) is 17.1 Å². The third-order valence-electron chi connectivity index (χ3n) is 2.65. The molecule has 0 aliphatic heterocycles. The van der Waals surface area contributed by atoms with Crippen molar-refractivity contribution in [1.82, 2.24) is 0 Å². The Morgan fingerprint density at radius 2 is 2.23 bits per heavy atom. The summed E-state index contributed by atoms with van der Waals surface area (Å²) >= 11 is 0. The molecule has 0 spiro atoms. The number of hydrogen-bond donors (Lipinski definition) is 0. The van der Waals surface area contributed by atoms with Gasteiger partial charge in [-0.2, -0.15) is 0 Å². The van der Waals surface area contributed by atoms with Gasteiger partial charge in [-0.15, -0.1) is 0 Å². The second kappa shape index (κ2) is 2.95. The van der Waals surface area contributed by atoms with Crippen molar-refractivity contribution in [2.45, 2.75) is 25.7 Å². The number of ketones is 1. The molecular weight excluding hydrogens is 167 g/mol. The molecule has 1 unspecified atom stereocenters. The van der Waals surface area contributed by atoms with Crippen molar-refractivity contribution in [1.29, 1.82) is 0 Å². The highest BCUT2D eigenvalue weighted by molar-refractivity contribution is 5.91. The maximum atomic E-state index is 12.9. The number of Topliss-reactive ketones (excluding diaryl/α,β-unsaturated/α-hetero) is 1. The molecule has 1 nitrogen and oxygen atoms in total. The van der Waals surface area contributed by atoms with Gasteiger partial charge < -0.3 is 0 Å². The summed E-state index contributed by atoms with van der Waals surface area (Å²) < 4.78 is 12.9. The van der Waals surface area contributed by atoms with E-state index < -0.39 is 0 Å². The molecule has 1 aliphatic rings. The van der Waals surface area contributed by atoms with E-state index in [9.17, 15) is 9.18 Å². The summed E-state index contributed by atoms with van der Waals surface area (Å²) in [5.41, 5.74) is 1.59. The predicted octanol–water partition coefficient (Wildman–Crippen LogP) is 2.58. The lowest BCUT2D eigenvalue weighted by Gasteiger charge is -2.24. The third kappa shape index (κ3) is 1.37. The van der Waals surface area contributed by atoms with E-state index in [1.807, 2.05) is 0 Å². The van der Waals surface area contributed by atoms with Gasteiger partial charge in [0, 0.05) is 12.3 Å². The highest BCUT2D eigenvalue weighted by Gasteiger charge is 2.29. The van der Waals surface area contributed by atoms with Gasteiger partial charge in [-0.1, -0.05) is 12.1 Å². The molecule has 1 aromatic carbocycles. The highest BCUT2D eigenvalue weighted by Crippen LogP contribution is 2.33. The van der Waals surface area contributed by atoms with Crippen LogP contribution < -0.4 is 0 Å². The number of halogens is 1. The largest absolute Gasteiger partial charge is 0.299 e. The zero-order chi connectivity index (χ0) is 9.42. The summed E-state index contributed by atoms with van der Waals surface area (Å²) in [5.74, 6) is 0.126. The lowest BCUT2D eigenvalue weighted by Crippen LogP contribution is -2.23. The number of carbonyl (C=O) groups is 1. The van der Waals surface area contributed by atoms with E-state index in [1.165, 1.54) is 6.07 Å². The molecular formula is C11H11FO. The first-order valence-corrected chi connectivity index (χ1v) is 4.47. The monoisotopic (exact) mass is 178 g/mol. The quantitative estimate of drug-likeness (QED) is 0.646. The minimum absolute atomic E-state index is 0.0410. The van der Waals surface area contributed by atoms with Gasteiger partial charge in [0.25, 0.3) is 0 Å². The predicted molar refractivity (Wildman–Crippen MR) is 48.1 cm³/mol. The summed E-state index contributed by atoms with van der Waals surface area (Å²) in [6.07, 6.45) is 1.60. The molecule has 1 saturated carbocycles. The second-order valence-corrected chi connectivity index (χ2v) is 3.57. The zero-order valence-electron chi connectivity index (χ0n) is 7.51. The Hall–Kier alpha value is -1.18. The molecule has 13 heavy (non-hydrogen) atoms. The van der Waals surface area contributed by atoms with Crippen LogP contribution in [-0.4, -0.2) is 5.78 Å². The summed E-state index contributed by atoms with van der Waals surface area (Å²) in [6, 6.07) is 4.93. The Morgan fingerprint density at radius 1 is 1.46 bits per heavy atom. The summed E-state index contributed by atoms with van der Waals surface area (Å²) in [5, 5.41) is 0. The number of carbonyl (C=O) groups excluding carboxylic acids is 1. The normalized spacial score (nSPS) is 21.4. The molecule has 0 aromatic heterocycles. The number of benzene rings is 1. The molecule has 0 amide bonds. The standard InChI is InChI=1S/C11H11FO/c1-7-6-8(2-4-10(7)12)9-3-5-11(9)13/h2,4,6,9H,3,5H2,1H3. The van der Waals surface area contributed by atoms with Gasteiger partial charge in [0.15, 0.2) is 0 Å². The molecule has 2 rings (SSSR count). The van der Waals surface area contributed by atoms with Crippen molar-refractivity contribution >= 4 is 5.78 Å². The highest BCUT2D eigenvalue weighted by atomic mass is 19.1. The van der Waals surface area contributed by atoms with Gasteiger partial charge in [0.05, 0.1) is 0 Å². The Balaban J connectivity index is 2.31. The Kier molecular flexibility index (Phi) is 1.91. The lowest BCUT2D eigenvalue weighted by atomic mass is 9.78. The zero-order valence-corrected chi connectivity index (χ0v) is 7.51. The van der Waals surface area contributed by atoms with Crippen molar-refractivity contribution in [3.63, 3.8) is 0 Å². The van der Waals surface area contributed by atoms with Crippen LogP contribution in [0.1, 0.15) is 29.9 Å². The minimum Gasteiger partial charge on any atom is -0.299 e. The van der Waals surface area contributed by atoms with Crippen molar-refractivity contribution in [3.05, 3.63) is 35.1 Å². The maximum Gasteiger partial charge on any atom is 0.140 e. The van der Waals surface area contributed by atoms with Crippen LogP contribution in [0.2, 0.25) is 0 Å². The SMILES string of the molecule is Cc1cc(C2CCC2=O)ccc1F. The van der Waals surface area contributed by atoms with Gasteiger partial charge in [0.1, 0.15) is 11.6 Å². The van der Waals surface area contributed by atoms with Gasteiger partial charge in [-0.25, -0.2) is 4.39 Å². The van der Waals surface area contributed by atoms with E-state index in [4.69, 9.17) is 0 Å². The van der Waals surface area contributed by atoms with E-state index in [-0.39, 0.29) is 17.5 Å². The van der Waals surface area contributed by atoms with Crippen LogP contribution in [0.15, 0.2) is 18.2 Å². The van der Waals surface area contributed by atoms with Gasteiger partial charge in [-0.05, 0) is 30.5 Å². The minimum atomic E-state index is -0.199. The molecule has 1 aromatic rings. The van der Waals surface area contributed by atoms with Gasteiger partial charge in [0.2, 0.25) is 0 Å². The Bertz CT molecular complexity index is 357. The summed E-state index contributed by atoms with van der Waals surface area (Å²) in [6.45, 7) is 1.72. The van der Waals surface area contributed by atoms with E-state index >= 15 is 0 Å². The molecule has 68 valence electrons. The molecule has 1 fully saturated rings. The molecule has 0 saturated heterocycles. The molecule has 0 bridgehead atoms. The molecule has 0 N–H and O–H groups in total. The van der Waals surface area contributed by atoms with Crippen LogP contribution in [0.3, 0.4) is 0 Å². The van der Waals surface area contributed by atoms with Crippen molar-refractivity contribution in [2.24, 2.45) is 0 Å². The summed E-state index contributed by atoms with van der Waals surface area (Å²) in [4.78, 5) is 11.1. The number of aryl methyl sites for hydroxylation is 1. The van der Waals surface area contributed by atoms with E-state index in [0.717, 1.165) is 12.0 Å². The maximum absolute atomic E-state index is 12.9. The Morgan fingerprint density at radius 3 is 2.69 bits per heavy atom. The van der Waals surface area contributed by atoms with Crippen LogP contribution in [0.5, 0.6) is 0 Å². The third-order valence-corrected chi connectivity index (χ3v) is 2.65. The van der Waals surface area contributed by atoms with Crippen LogP contribution in [-0.2, 0) is 4.79 Å². The second-order valence-electron chi connectivity index (χ2n) is 3.57. The molecule has 1 atom stereocenters. The van der Waals surface area contributed by atoms with Gasteiger partial charge >= 0.3 is 0 Å². The smallest absolute Gasteiger partial charge is 0.140 e. The molecule has 1 aliphatic carbocycles. The fraction of sp³-hybridized carbons (Fsp3) is 0.364. The Labute approximate surface area is 76.6 Å². The molecule has 0 heterocycles. The van der Waals surface area contributed by atoms with E-state index in [2.05, 4.69) is 0 Å². The van der Waals surface area contributed by atoms with E-state index in [1.54, 1.807) is 19.1 Å². The van der Waals surface area contributed by atoms with Gasteiger partial charge in [-0.3, -0.25) is 4.79 Å². The first kappa shape index (κ1) is 8.42. The van der Waals surface area contributed by atoms with Crippen molar-refractivity contribution < 1.29 is 9.18 Å². The van der Waals surface area contributed by atoms with Crippen LogP contribution in [0.4, 0.5) is 4.39 Å². The first-order valence-electron chi connectivity index (χ1n) is 4.47. The van der Waals surface area contributed by atoms with Crippen molar-refractivity contribution in [2.75, 3.05) is 0 Å². The average molecular weight is 178 g/mol. The number of rotatable bonds is 1. The van der Waals surface area contributed by atoms with E-state index in [0.29, 0.717) is 12.0 Å². The molecule has 0 radical (unpaired) electrons. The first-order chi connectivity index (χ1) is 6.18. The number of hydrogen-bond acceptors (Lipinski definition) is 1. The fourth-order valence-electron chi connectivity index (χ4n) is 1.64. The fourth-order valence-corrected chi connectivity index (χ4v) is 1.64. The summed E-state index contributed by atoms with van der Waals surface area (Å²) in [7, 11) is 0. The molecule has 2 heteroatoms. The van der Waals surface area contributed by atoms with Crippen molar-refractivity contribution in [3.8, 4) is 0 Å². The van der Waals surface area contributed by atoms with Crippen LogP contribution in [0.25, 0.3) is 0 Å². The average Bonchev–Trinajstić information content (AvgIpc) is 2.09.